The van der Waals surface area contributed by atoms with E-state index in [1.54, 1.807) is 0 Å². The van der Waals surface area contributed by atoms with Crippen molar-refractivity contribution in [1.82, 2.24) is 0 Å². The third kappa shape index (κ3) is 2.69. The van der Waals surface area contributed by atoms with Crippen LogP contribution >= 0.6 is 0 Å². The molecule has 0 unspecified atom stereocenters. The van der Waals surface area contributed by atoms with Gasteiger partial charge in [0.1, 0.15) is 0 Å². The highest BCUT2D eigenvalue weighted by atomic mass is 14.7. The Hall–Kier alpha value is -0.715. The molecule has 8 bridgehead atoms. The van der Waals surface area contributed by atoms with Crippen LogP contribution in [0.5, 0.6) is 0 Å². The van der Waals surface area contributed by atoms with Gasteiger partial charge in [-0.15, -0.1) is 0 Å². The third-order valence-electron chi connectivity index (χ3n) is 12.0. The molecular weight excluding hydrogens is 383 g/mol. The van der Waals surface area contributed by atoms with Crippen molar-refractivity contribution in [3.8, 4) is 0 Å². The predicted octanol–water partition coefficient (Wildman–Crippen LogP) is 7.78. The van der Waals surface area contributed by atoms with Gasteiger partial charge in [0.15, 0.2) is 0 Å². The zero-order valence-electron chi connectivity index (χ0n) is 20.8. The predicted molar refractivity (Wildman–Crippen MR) is 134 cm³/mol. The zero-order valence-corrected chi connectivity index (χ0v) is 20.8. The van der Waals surface area contributed by atoms with Gasteiger partial charge < -0.3 is 0 Å². The van der Waals surface area contributed by atoms with E-state index in [1.807, 2.05) is 0 Å². The molecule has 0 nitrogen and oxygen atoms in total. The SMILES string of the molecule is [B]C(c1ccc(C(C)(C)C)cc1)(C12CC3CC(CC(C3)C1)C2)C12CC3CC(CC(C3)C1)C2. The van der Waals surface area contributed by atoms with Gasteiger partial charge in [0.05, 0.1) is 7.85 Å². The lowest BCUT2D eigenvalue weighted by atomic mass is 9.27. The topological polar surface area (TPSA) is 0 Å². The fourth-order valence-corrected chi connectivity index (χ4v) is 11.6. The highest BCUT2D eigenvalue weighted by Gasteiger charge is 2.68. The Morgan fingerprint density at radius 2 is 0.844 bits per heavy atom. The van der Waals surface area contributed by atoms with E-state index in [0.29, 0.717) is 10.8 Å². The van der Waals surface area contributed by atoms with Gasteiger partial charge in [0.25, 0.3) is 0 Å². The third-order valence-corrected chi connectivity index (χ3v) is 12.0. The Morgan fingerprint density at radius 3 is 1.12 bits per heavy atom. The summed E-state index contributed by atoms with van der Waals surface area (Å²) in [6.45, 7) is 7.03. The van der Waals surface area contributed by atoms with E-state index in [0.717, 1.165) is 35.5 Å². The minimum absolute atomic E-state index is 0.123. The molecule has 8 aliphatic carbocycles. The van der Waals surface area contributed by atoms with Crippen molar-refractivity contribution >= 4 is 7.85 Å². The van der Waals surface area contributed by atoms with Crippen LogP contribution in [0.1, 0.15) is 109 Å². The second-order valence-corrected chi connectivity index (χ2v) is 15.0. The van der Waals surface area contributed by atoms with Gasteiger partial charge in [-0.3, -0.25) is 0 Å². The number of rotatable bonds is 3. The molecule has 9 rings (SSSR count). The van der Waals surface area contributed by atoms with Crippen molar-refractivity contribution in [2.75, 3.05) is 0 Å². The van der Waals surface area contributed by atoms with E-state index in [9.17, 15) is 0 Å². The molecule has 0 N–H and O–H groups in total. The van der Waals surface area contributed by atoms with E-state index in [4.69, 9.17) is 7.85 Å². The van der Waals surface area contributed by atoms with Gasteiger partial charge in [0.2, 0.25) is 0 Å². The van der Waals surface area contributed by atoms with E-state index in [1.165, 1.54) is 88.2 Å². The number of hydrogen-bond acceptors (Lipinski definition) is 0. The Labute approximate surface area is 198 Å². The quantitative estimate of drug-likeness (QED) is 0.433. The number of benzene rings is 1. The molecule has 0 heterocycles. The Kier molecular flexibility index (Phi) is 4.18. The molecule has 170 valence electrons. The summed E-state index contributed by atoms with van der Waals surface area (Å²) in [6.07, 6.45) is 17.7. The summed E-state index contributed by atoms with van der Waals surface area (Å²) in [5.74, 6) is 5.79. The van der Waals surface area contributed by atoms with Gasteiger partial charge in [0, 0.05) is 0 Å². The Balaban J connectivity index is 1.39. The van der Waals surface area contributed by atoms with Crippen LogP contribution in [0.3, 0.4) is 0 Å². The first-order valence-corrected chi connectivity index (χ1v) is 14.1. The summed E-state index contributed by atoms with van der Waals surface area (Å²) in [7, 11) is 8.18. The molecule has 32 heavy (non-hydrogen) atoms. The molecule has 1 heteroatoms. The van der Waals surface area contributed by atoms with Crippen LogP contribution in [0.4, 0.5) is 0 Å². The summed E-state index contributed by atoms with van der Waals surface area (Å²) in [5.41, 5.74) is 3.90. The lowest BCUT2D eigenvalue weighted by Crippen LogP contribution is -2.67. The highest BCUT2D eigenvalue weighted by molar-refractivity contribution is 6.17. The smallest absolute Gasteiger partial charge is 0.0589 e. The van der Waals surface area contributed by atoms with Crippen molar-refractivity contribution in [3.63, 3.8) is 0 Å². The molecule has 8 fully saturated rings. The molecule has 0 aromatic heterocycles. The second kappa shape index (κ2) is 6.49. The largest absolute Gasteiger partial charge is 0.0825 e. The van der Waals surface area contributed by atoms with Crippen LogP contribution in [-0.4, -0.2) is 7.85 Å². The summed E-state index contributed by atoms with van der Waals surface area (Å²) in [4.78, 5) is 0. The average molecular weight is 426 g/mol. The monoisotopic (exact) mass is 426 g/mol. The summed E-state index contributed by atoms with van der Waals surface area (Å²) in [5, 5.41) is -0.123. The van der Waals surface area contributed by atoms with Gasteiger partial charge in [-0.05, 0) is 145 Å². The van der Waals surface area contributed by atoms with Crippen LogP contribution in [0, 0.1) is 46.3 Å². The molecule has 0 spiro atoms. The maximum atomic E-state index is 8.18. The summed E-state index contributed by atoms with van der Waals surface area (Å²) < 4.78 is 0. The molecule has 1 aromatic rings. The van der Waals surface area contributed by atoms with Crippen LogP contribution in [0.25, 0.3) is 0 Å². The molecule has 1 aromatic carbocycles. The molecule has 2 radical (unpaired) electrons. The Bertz CT molecular complexity index is 785. The van der Waals surface area contributed by atoms with Gasteiger partial charge in [-0.1, -0.05) is 45.0 Å². The lowest BCUT2D eigenvalue weighted by Gasteiger charge is -2.72. The van der Waals surface area contributed by atoms with Crippen LogP contribution in [-0.2, 0) is 10.7 Å². The fourth-order valence-electron chi connectivity index (χ4n) is 11.6. The maximum absolute atomic E-state index is 8.18. The molecule has 0 aliphatic heterocycles. The van der Waals surface area contributed by atoms with E-state index in [2.05, 4.69) is 45.0 Å². The summed E-state index contributed by atoms with van der Waals surface area (Å²) in [6, 6.07) is 9.91. The summed E-state index contributed by atoms with van der Waals surface area (Å²) >= 11 is 0. The molecular formula is C31H43B. The van der Waals surface area contributed by atoms with E-state index >= 15 is 0 Å². The highest BCUT2D eigenvalue weighted by Crippen LogP contribution is 2.75. The van der Waals surface area contributed by atoms with Crippen molar-refractivity contribution < 1.29 is 0 Å². The first-order valence-electron chi connectivity index (χ1n) is 14.1. The maximum Gasteiger partial charge on any atom is 0.0825 e. The molecule has 8 saturated carbocycles. The van der Waals surface area contributed by atoms with Crippen molar-refractivity contribution in [3.05, 3.63) is 35.4 Å². The van der Waals surface area contributed by atoms with Gasteiger partial charge in [-0.25, -0.2) is 0 Å². The molecule has 0 atom stereocenters. The first kappa shape index (κ1) is 20.6. The zero-order chi connectivity index (χ0) is 21.9. The minimum Gasteiger partial charge on any atom is -0.0589 e. The molecule has 0 saturated heterocycles. The van der Waals surface area contributed by atoms with Crippen molar-refractivity contribution in [1.29, 1.82) is 0 Å². The van der Waals surface area contributed by atoms with Gasteiger partial charge in [-0.2, -0.15) is 0 Å². The van der Waals surface area contributed by atoms with E-state index in [-0.39, 0.29) is 10.7 Å². The normalized spacial score (nSPS) is 48.2. The van der Waals surface area contributed by atoms with Crippen LogP contribution in [0.15, 0.2) is 24.3 Å². The average Bonchev–Trinajstić information content (AvgIpc) is 2.70. The number of hydrogen-bond donors (Lipinski definition) is 0. The molecule has 0 amide bonds. The fraction of sp³-hybridized carbons (Fsp3) is 0.806. The van der Waals surface area contributed by atoms with Crippen LogP contribution < -0.4 is 0 Å². The minimum atomic E-state index is -0.123. The van der Waals surface area contributed by atoms with Crippen molar-refractivity contribution in [2.45, 2.75) is 109 Å². The lowest BCUT2D eigenvalue weighted by molar-refractivity contribution is -0.161. The van der Waals surface area contributed by atoms with Crippen LogP contribution in [0.2, 0.25) is 0 Å². The second-order valence-electron chi connectivity index (χ2n) is 15.0. The Morgan fingerprint density at radius 1 is 0.562 bits per heavy atom. The standard InChI is InChI=1S/C31H43B/c1-28(2,3)26-4-6-27(7-5-26)31(32,29-14-20-8-21(15-29)10-22(9-20)16-29)30-17-23-11-24(18-30)13-25(12-23)19-30/h4-7,20-25H,8-19H2,1-3H3. The van der Waals surface area contributed by atoms with E-state index < -0.39 is 0 Å². The van der Waals surface area contributed by atoms with Gasteiger partial charge >= 0.3 is 0 Å². The molecule has 8 aliphatic rings. The first-order chi connectivity index (χ1) is 15.2. The van der Waals surface area contributed by atoms with Crippen molar-refractivity contribution in [2.24, 2.45) is 46.3 Å².